The molecular weight excluding hydrogens is 330 g/mol. The summed E-state index contributed by atoms with van der Waals surface area (Å²) in [5, 5.41) is 4.07. The molecule has 128 valence electrons. The minimum absolute atomic E-state index is 0.0363. The van der Waals surface area contributed by atoms with Crippen LogP contribution in [-0.2, 0) is 21.9 Å². The molecule has 2 aromatic rings. The van der Waals surface area contributed by atoms with Crippen molar-refractivity contribution in [1.29, 1.82) is 0 Å². The van der Waals surface area contributed by atoms with Crippen molar-refractivity contribution in [3.05, 3.63) is 42.2 Å². The van der Waals surface area contributed by atoms with Crippen molar-refractivity contribution < 1.29 is 17.9 Å². The molecule has 0 saturated heterocycles. The second-order valence-corrected chi connectivity index (χ2v) is 7.45. The van der Waals surface area contributed by atoms with Crippen LogP contribution in [0.25, 0.3) is 0 Å². The number of sulfonamides is 1. The van der Waals surface area contributed by atoms with Gasteiger partial charge in [0.2, 0.25) is 5.91 Å². The molecule has 1 fully saturated rings. The van der Waals surface area contributed by atoms with Gasteiger partial charge in [-0.2, -0.15) is 5.10 Å². The Balaban J connectivity index is 1.65. The Labute approximate surface area is 140 Å². The number of nitrogens with one attached hydrogen (secondary N) is 1. The molecule has 0 unspecified atom stereocenters. The van der Waals surface area contributed by atoms with Gasteiger partial charge >= 0.3 is 0 Å². The Bertz CT molecular complexity index is 842. The van der Waals surface area contributed by atoms with E-state index in [4.69, 9.17) is 4.74 Å². The molecule has 0 bridgehead atoms. The zero-order chi connectivity index (χ0) is 17.3. The monoisotopic (exact) mass is 349 g/mol. The maximum absolute atomic E-state index is 12.3. The first kappa shape index (κ1) is 16.5. The van der Waals surface area contributed by atoms with Gasteiger partial charge < -0.3 is 4.74 Å². The molecule has 8 heteroatoms. The predicted octanol–water partition coefficient (Wildman–Crippen LogP) is 1.43. The summed E-state index contributed by atoms with van der Waals surface area (Å²) in [6, 6.07) is 5.98. The van der Waals surface area contributed by atoms with Gasteiger partial charge in [-0.05, 0) is 49.1 Å². The molecule has 1 aliphatic carbocycles. The number of amides is 1. The van der Waals surface area contributed by atoms with Gasteiger partial charge in [0, 0.05) is 19.2 Å². The zero-order valence-electron chi connectivity index (χ0n) is 13.5. The van der Waals surface area contributed by atoms with Crippen LogP contribution in [0.1, 0.15) is 24.8 Å². The maximum atomic E-state index is 12.3. The third-order valence-corrected chi connectivity index (χ3v) is 5.32. The lowest BCUT2D eigenvalue weighted by Gasteiger charge is -2.08. The van der Waals surface area contributed by atoms with Crippen LogP contribution in [0.15, 0.2) is 41.6 Å². The summed E-state index contributed by atoms with van der Waals surface area (Å²) < 4.78 is 33.7. The molecule has 1 aromatic carbocycles. The lowest BCUT2D eigenvalue weighted by Crippen LogP contribution is -2.32. The molecule has 1 saturated carbocycles. The van der Waals surface area contributed by atoms with E-state index in [9.17, 15) is 13.2 Å². The van der Waals surface area contributed by atoms with E-state index in [0.29, 0.717) is 18.8 Å². The molecule has 7 nitrogen and oxygen atoms in total. The average Bonchev–Trinajstić information content (AvgIpc) is 3.23. The van der Waals surface area contributed by atoms with Crippen LogP contribution in [0, 0.1) is 5.92 Å². The summed E-state index contributed by atoms with van der Waals surface area (Å²) in [6.45, 7) is 2.35. The SMILES string of the molecule is CCOc1ccc(S(=O)(=O)NC(=O)[C@H]2C[C@H]2c2cnn(C)c2)cc1. The van der Waals surface area contributed by atoms with E-state index >= 15 is 0 Å². The van der Waals surface area contributed by atoms with Crippen molar-refractivity contribution in [3.63, 3.8) is 0 Å². The van der Waals surface area contributed by atoms with Gasteiger partial charge in [0.15, 0.2) is 0 Å². The molecule has 1 aliphatic rings. The molecule has 1 amide bonds. The number of carbonyl (C=O) groups is 1. The Hall–Kier alpha value is -2.35. The average molecular weight is 349 g/mol. The topological polar surface area (TPSA) is 90.3 Å². The lowest BCUT2D eigenvalue weighted by molar-refractivity contribution is -0.120. The molecule has 0 aliphatic heterocycles. The highest BCUT2D eigenvalue weighted by Gasteiger charge is 2.45. The first-order chi connectivity index (χ1) is 11.4. The first-order valence-corrected chi connectivity index (χ1v) is 9.17. The Morgan fingerprint density at radius 3 is 2.67 bits per heavy atom. The summed E-state index contributed by atoms with van der Waals surface area (Å²) in [5.74, 6) is -0.180. The van der Waals surface area contributed by atoms with E-state index in [1.807, 2.05) is 13.1 Å². The third-order valence-electron chi connectivity index (χ3n) is 3.96. The number of hydrogen-bond donors (Lipinski definition) is 1. The largest absolute Gasteiger partial charge is 0.494 e. The minimum Gasteiger partial charge on any atom is -0.494 e. The molecule has 1 N–H and O–H groups in total. The van der Waals surface area contributed by atoms with Gasteiger partial charge in [0.1, 0.15) is 5.75 Å². The van der Waals surface area contributed by atoms with E-state index in [2.05, 4.69) is 9.82 Å². The van der Waals surface area contributed by atoms with Crippen molar-refractivity contribution in [2.45, 2.75) is 24.2 Å². The van der Waals surface area contributed by atoms with Crippen molar-refractivity contribution in [2.24, 2.45) is 13.0 Å². The van der Waals surface area contributed by atoms with Crippen LogP contribution in [-0.4, -0.2) is 30.7 Å². The fraction of sp³-hybridized carbons (Fsp3) is 0.375. The van der Waals surface area contributed by atoms with Gasteiger partial charge in [0.05, 0.1) is 17.7 Å². The van der Waals surface area contributed by atoms with Crippen LogP contribution in [0.4, 0.5) is 0 Å². The number of carbonyl (C=O) groups excluding carboxylic acids is 1. The van der Waals surface area contributed by atoms with Gasteiger partial charge in [-0.25, -0.2) is 13.1 Å². The Morgan fingerprint density at radius 1 is 1.38 bits per heavy atom. The molecule has 0 radical (unpaired) electrons. The summed E-state index contributed by atoms with van der Waals surface area (Å²) >= 11 is 0. The first-order valence-electron chi connectivity index (χ1n) is 7.69. The van der Waals surface area contributed by atoms with Crippen LogP contribution < -0.4 is 9.46 Å². The Morgan fingerprint density at radius 2 is 2.08 bits per heavy atom. The summed E-state index contributed by atoms with van der Waals surface area (Å²) in [6.07, 6.45) is 4.19. The van der Waals surface area contributed by atoms with Gasteiger partial charge in [0.25, 0.3) is 10.0 Å². The molecular formula is C16H19N3O4S. The maximum Gasteiger partial charge on any atom is 0.264 e. The number of rotatable bonds is 6. The quantitative estimate of drug-likeness (QED) is 0.852. The van der Waals surface area contributed by atoms with Gasteiger partial charge in [-0.15, -0.1) is 0 Å². The molecule has 1 heterocycles. The summed E-state index contributed by atoms with van der Waals surface area (Å²) in [7, 11) is -2.07. The summed E-state index contributed by atoms with van der Waals surface area (Å²) in [4.78, 5) is 12.3. The van der Waals surface area contributed by atoms with Crippen LogP contribution in [0.3, 0.4) is 0 Å². The number of nitrogens with zero attached hydrogens (tertiary/aromatic N) is 2. The highest BCUT2D eigenvalue weighted by Crippen LogP contribution is 2.47. The smallest absolute Gasteiger partial charge is 0.264 e. The standard InChI is InChI=1S/C16H19N3O4S/c1-3-23-12-4-6-13(7-5-12)24(21,22)18-16(20)15-8-14(15)11-9-17-19(2)10-11/h4-7,9-10,14-15H,3,8H2,1-2H3,(H,18,20)/t14-,15-/m0/s1. The molecule has 2 atom stereocenters. The van der Waals surface area contributed by atoms with Gasteiger partial charge in [-0.1, -0.05) is 0 Å². The van der Waals surface area contributed by atoms with Crippen LogP contribution in [0.5, 0.6) is 5.75 Å². The number of aromatic nitrogens is 2. The van der Waals surface area contributed by atoms with Crippen molar-refractivity contribution in [2.75, 3.05) is 6.61 Å². The van der Waals surface area contributed by atoms with Crippen molar-refractivity contribution in [1.82, 2.24) is 14.5 Å². The molecule has 3 rings (SSSR count). The highest BCUT2D eigenvalue weighted by molar-refractivity contribution is 7.90. The fourth-order valence-corrected chi connectivity index (χ4v) is 3.66. The van der Waals surface area contributed by atoms with E-state index in [1.54, 1.807) is 30.1 Å². The van der Waals surface area contributed by atoms with Crippen LogP contribution in [0.2, 0.25) is 0 Å². The normalized spacial score (nSPS) is 19.8. The number of aryl methyl sites for hydroxylation is 1. The lowest BCUT2D eigenvalue weighted by atomic mass is 10.2. The predicted molar refractivity (Wildman–Crippen MR) is 87.0 cm³/mol. The van der Waals surface area contributed by atoms with E-state index in [-0.39, 0.29) is 16.7 Å². The second-order valence-electron chi connectivity index (χ2n) is 5.77. The third kappa shape index (κ3) is 3.43. The zero-order valence-corrected chi connectivity index (χ0v) is 14.3. The second kappa shape index (κ2) is 6.27. The van der Waals surface area contributed by atoms with Crippen LogP contribution >= 0.6 is 0 Å². The molecule has 0 spiro atoms. The van der Waals surface area contributed by atoms with E-state index in [0.717, 1.165) is 5.56 Å². The Kier molecular flexibility index (Phi) is 4.31. The van der Waals surface area contributed by atoms with Crippen molar-refractivity contribution in [3.8, 4) is 5.75 Å². The molecule has 24 heavy (non-hydrogen) atoms. The number of benzene rings is 1. The van der Waals surface area contributed by atoms with Gasteiger partial charge in [-0.3, -0.25) is 9.48 Å². The van der Waals surface area contributed by atoms with Crippen molar-refractivity contribution >= 4 is 15.9 Å². The molecule has 1 aromatic heterocycles. The summed E-state index contributed by atoms with van der Waals surface area (Å²) in [5.41, 5.74) is 0.955. The van der Waals surface area contributed by atoms with E-state index < -0.39 is 15.9 Å². The number of hydrogen-bond acceptors (Lipinski definition) is 5. The minimum atomic E-state index is -3.87. The fourth-order valence-electron chi connectivity index (χ4n) is 2.63. The number of ether oxygens (including phenoxy) is 1. The highest BCUT2D eigenvalue weighted by atomic mass is 32.2. The van der Waals surface area contributed by atoms with E-state index in [1.165, 1.54) is 12.1 Å².